The van der Waals surface area contributed by atoms with E-state index in [9.17, 15) is 0 Å². The molecule has 0 saturated heterocycles. The van der Waals surface area contributed by atoms with Gasteiger partial charge in [0.1, 0.15) is 0 Å². The van der Waals surface area contributed by atoms with Gasteiger partial charge in [0.2, 0.25) is 0 Å². The van der Waals surface area contributed by atoms with E-state index in [4.69, 9.17) is 5.73 Å². The molecule has 0 aliphatic rings. The second-order valence-electron chi connectivity index (χ2n) is 1.24. The van der Waals surface area contributed by atoms with Crippen LogP contribution in [0.1, 0.15) is 6.42 Å². The summed E-state index contributed by atoms with van der Waals surface area (Å²) in [6.07, 6.45) is 6.58. The summed E-state index contributed by atoms with van der Waals surface area (Å²) < 4.78 is 0. The molecule has 0 aromatic rings. The van der Waals surface area contributed by atoms with E-state index in [0.29, 0.717) is 0 Å². The lowest BCUT2D eigenvalue weighted by atomic mass is 10.4. The third-order valence-corrected chi connectivity index (χ3v) is 0.605. The third-order valence-electron chi connectivity index (χ3n) is 0.605. The van der Waals surface area contributed by atoms with Crippen molar-refractivity contribution in [3.63, 3.8) is 0 Å². The minimum Gasteiger partial charge on any atom is -0.330 e. The lowest BCUT2D eigenvalue weighted by molar-refractivity contribution is 1.01. The van der Waals surface area contributed by atoms with Gasteiger partial charge in [-0.2, -0.15) is 0 Å². The summed E-state index contributed by atoms with van der Waals surface area (Å²) in [6, 6.07) is 0. The van der Waals surface area contributed by atoms with E-state index in [1.165, 1.54) is 0 Å². The molecular weight excluding hydrogens is 86.1 g/mol. The van der Waals surface area contributed by atoms with Crippen LogP contribution >= 0.6 is 0 Å². The van der Waals surface area contributed by atoms with Crippen molar-refractivity contribution in [2.45, 2.75) is 6.42 Å². The Morgan fingerprint density at radius 1 is 1.57 bits per heavy atom. The van der Waals surface area contributed by atoms with Crippen LogP contribution in [-0.4, -0.2) is 6.54 Å². The average molecular weight is 97.2 g/mol. The summed E-state index contributed by atoms with van der Waals surface area (Å²) >= 11 is 0. The predicted molar refractivity (Wildman–Crippen MR) is 33.0 cm³/mol. The van der Waals surface area contributed by atoms with Crippen LogP contribution in [-0.2, 0) is 0 Å². The molecule has 0 amide bonds. The first-order chi connectivity index (χ1) is 3.41. The first-order valence-electron chi connectivity index (χ1n) is 2.39. The van der Waals surface area contributed by atoms with E-state index >= 15 is 0 Å². The molecular formula is C6H11N. The van der Waals surface area contributed by atoms with Crippen molar-refractivity contribution in [3.05, 3.63) is 24.8 Å². The molecule has 2 N–H and O–H groups in total. The second-order valence-corrected chi connectivity index (χ2v) is 1.24. The van der Waals surface area contributed by atoms with Gasteiger partial charge in [-0.15, -0.1) is 0 Å². The van der Waals surface area contributed by atoms with E-state index in [1.807, 2.05) is 12.2 Å². The Morgan fingerprint density at radius 2 is 2.29 bits per heavy atom. The van der Waals surface area contributed by atoms with E-state index in [-0.39, 0.29) is 0 Å². The smallest absolute Gasteiger partial charge is 0.00425 e. The maximum atomic E-state index is 5.18. The molecule has 7 heavy (non-hydrogen) atoms. The highest BCUT2D eigenvalue weighted by Gasteiger charge is 1.65. The van der Waals surface area contributed by atoms with Gasteiger partial charge in [0.05, 0.1) is 0 Å². The van der Waals surface area contributed by atoms with E-state index in [0.717, 1.165) is 13.0 Å². The van der Waals surface area contributed by atoms with Crippen LogP contribution in [0.25, 0.3) is 0 Å². The van der Waals surface area contributed by atoms with Crippen molar-refractivity contribution >= 4 is 0 Å². The quantitative estimate of drug-likeness (QED) is 0.524. The average Bonchev–Trinajstić information content (AvgIpc) is 1.69. The first kappa shape index (κ1) is 6.44. The van der Waals surface area contributed by atoms with Crippen molar-refractivity contribution in [1.82, 2.24) is 0 Å². The normalized spacial score (nSPS) is 9.86. The second kappa shape index (κ2) is 5.44. The largest absolute Gasteiger partial charge is 0.330 e. The van der Waals surface area contributed by atoms with Crippen molar-refractivity contribution in [3.8, 4) is 0 Å². The zero-order chi connectivity index (χ0) is 5.54. The molecule has 1 nitrogen and oxygen atoms in total. The van der Waals surface area contributed by atoms with Gasteiger partial charge < -0.3 is 5.73 Å². The maximum Gasteiger partial charge on any atom is -0.00425 e. The third kappa shape index (κ3) is 5.44. The van der Waals surface area contributed by atoms with Gasteiger partial charge in [-0.25, -0.2) is 0 Å². The predicted octanol–water partition coefficient (Wildman–Crippen LogP) is 1.08. The zero-order valence-corrected chi connectivity index (χ0v) is 4.43. The Bertz CT molecular complexity index is 64.6. The number of rotatable bonds is 3. The van der Waals surface area contributed by atoms with Crippen molar-refractivity contribution in [1.29, 1.82) is 0 Å². The molecule has 0 aromatic heterocycles. The monoisotopic (exact) mass is 97.1 g/mol. The van der Waals surface area contributed by atoms with Crippen LogP contribution in [0.4, 0.5) is 0 Å². The molecule has 0 aliphatic heterocycles. The molecule has 0 aromatic carbocycles. The molecule has 0 saturated carbocycles. The summed E-state index contributed by atoms with van der Waals surface area (Å²) in [6.45, 7) is 4.23. The fourth-order valence-electron chi connectivity index (χ4n) is 0.289. The van der Waals surface area contributed by atoms with Crippen molar-refractivity contribution in [2.24, 2.45) is 5.73 Å². The molecule has 0 bridgehead atoms. The minimum atomic E-state index is 0.727. The van der Waals surface area contributed by atoms with E-state index in [1.54, 1.807) is 6.08 Å². The van der Waals surface area contributed by atoms with Crippen LogP contribution in [0, 0.1) is 0 Å². The number of hydrogen-bond donors (Lipinski definition) is 1. The minimum absolute atomic E-state index is 0.727. The van der Waals surface area contributed by atoms with Crippen LogP contribution in [0.5, 0.6) is 0 Å². The molecule has 0 heterocycles. The van der Waals surface area contributed by atoms with E-state index in [2.05, 4.69) is 6.58 Å². The van der Waals surface area contributed by atoms with Gasteiger partial charge in [-0.05, 0) is 13.0 Å². The molecule has 0 radical (unpaired) electrons. The zero-order valence-electron chi connectivity index (χ0n) is 4.43. The highest BCUT2D eigenvalue weighted by atomic mass is 14.5. The lowest BCUT2D eigenvalue weighted by Gasteiger charge is -1.78. The Hall–Kier alpha value is -0.560. The maximum absolute atomic E-state index is 5.18. The van der Waals surface area contributed by atoms with Gasteiger partial charge >= 0.3 is 0 Å². The topological polar surface area (TPSA) is 26.0 Å². The van der Waals surface area contributed by atoms with Crippen LogP contribution in [0.3, 0.4) is 0 Å². The Labute approximate surface area is 44.5 Å². The van der Waals surface area contributed by atoms with Crippen molar-refractivity contribution in [2.75, 3.05) is 6.54 Å². The van der Waals surface area contributed by atoms with Gasteiger partial charge in [0.15, 0.2) is 0 Å². The summed E-state index contributed by atoms with van der Waals surface area (Å²) in [5, 5.41) is 0. The SMILES string of the molecule is C=C/C=C\CCN. The summed E-state index contributed by atoms with van der Waals surface area (Å²) in [5.74, 6) is 0. The number of nitrogens with two attached hydrogens (primary N) is 1. The molecule has 0 rings (SSSR count). The standard InChI is InChI=1S/C6H11N/c1-2-3-4-5-6-7/h2-4H,1,5-7H2/b4-3-. The van der Waals surface area contributed by atoms with Crippen molar-refractivity contribution < 1.29 is 0 Å². The van der Waals surface area contributed by atoms with E-state index < -0.39 is 0 Å². The molecule has 0 atom stereocenters. The molecule has 0 aliphatic carbocycles. The van der Waals surface area contributed by atoms with Crippen LogP contribution < -0.4 is 5.73 Å². The fraction of sp³-hybridized carbons (Fsp3) is 0.333. The van der Waals surface area contributed by atoms with Crippen LogP contribution in [0.15, 0.2) is 24.8 Å². The lowest BCUT2D eigenvalue weighted by Crippen LogP contribution is -1.94. The molecule has 0 fully saturated rings. The van der Waals surface area contributed by atoms with Gasteiger partial charge in [-0.1, -0.05) is 24.8 Å². The molecule has 40 valence electrons. The molecule has 1 heteroatoms. The Kier molecular flexibility index (Phi) is 5.00. The summed E-state index contributed by atoms with van der Waals surface area (Å²) in [4.78, 5) is 0. The Balaban J connectivity index is 2.92. The summed E-state index contributed by atoms with van der Waals surface area (Å²) in [5.41, 5.74) is 5.18. The fourth-order valence-corrected chi connectivity index (χ4v) is 0.289. The number of hydrogen-bond acceptors (Lipinski definition) is 1. The number of allylic oxidation sites excluding steroid dienone is 2. The van der Waals surface area contributed by atoms with Gasteiger partial charge in [0, 0.05) is 0 Å². The molecule has 0 unspecified atom stereocenters. The summed E-state index contributed by atoms with van der Waals surface area (Å²) in [7, 11) is 0. The van der Waals surface area contributed by atoms with Gasteiger partial charge in [-0.3, -0.25) is 0 Å². The first-order valence-corrected chi connectivity index (χ1v) is 2.39. The van der Waals surface area contributed by atoms with Gasteiger partial charge in [0.25, 0.3) is 0 Å². The molecule has 0 spiro atoms. The highest BCUT2D eigenvalue weighted by Crippen LogP contribution is 1.76. The van der Waals surface area contributed by atoms with Crippen LogP contribution in [0.2, 0.25) is 0 Å². The highest BCUT2D eigenvalue weighted by molar-refractivity contribution is 4.96. The Morgan fingerprint density at radius 3 is 2.71 bits per heavy atom.